The molecule has 0 radical (unpaired) electrons. The molecule has 1 aliphatic rings. The highest BCUT2D eigenvalue weighted by Gasteiger charge is 2.24. The minimum Gasteiger partial charge on any atom is -0.345 e. The van der Waals surface area contributed by atoms with Crippen molar-refractivity contribution in [1.82, 2.24) is 15.5 Å². The first-order chi connectivity index (χ1) is 13.6. The fraction of sp³-hybridized carbons (Fsp3) is 0.250. The zero-order valence-electron chi connectivity index (χ0n) is 15.1. The molecule has 1 N–H and O–H groups in total. The number of halogens is 1. The molecule has 8 heteroatoms. The van der Waals surface area contributed by atoms with Crippen LogP contribution in [0.3, 0.4) is 0 Å². The van der Waals surface area contributed by atoms with Gasteiger partial charge in [-0.3, -0.25) is 4.79 Å². The molecule has 28 heavy (non-hydrogen) atoms. The Labute approximate surface area is 170 Å². The van der Waals surface area contributed by atoms with Crippen LogP contribution in [0.25, 0.3) is 0 Å². The van der Waals surface area contributed by atoms with Crippen LogP contribution < -0.4 is 5.32 Å². The molecule has 0 aliphatic carbocycles. The second-order valence-corrected chi connectivity index (χ2v) is 8.51. The van der Waals surface area contributed by atoms with Crippen molar-refractivity contribution >= 4 is 29.4 Å². The van der Waals surface area contributed by atoms with Crippen molar-refractivity contribution in [2.75, 3.05) is 5.75 Å². The monoisotopic (exact) mass is 415 g/mol. The normalized spacial score (nSPS) is 15.9. The number of aryl methyl sites for hydroxylation is 1. The van der Waals surface area contributed by atoms with Gasteiger partial charge in [-0.05, 0) is 42.3 Å². The molecular formula is C20H18FN3O2S2. The van der Waals surface area contributed by atoms with Crippen LogP contribution in [-0.2, 0) is 5.75 Å². The summed E-state index contributed by atoms with van der Waals surface area (Å²) in [6.45, 7) is 1.74. The summed E-state index contributed by atoms with van der Waals surface area (Å²) < 4.78 is 18.7. The quantitative estimate of drug-likeness (QED) is 0.605. The third kappa shape index (κ3) is 4.23. The van der Waals surface area contributed by atoms with E-state index in [-0.39, 0.29) is 17.8 Å². The number of benzene rings is 2. The highest BCUT2D eigenvalue weighted by atomic mass is 32.2. The van der Waals surface area contributed by atoms with E-state index >= 15 is 0 Å². The first-order valence-corrected chi connectivity index (χ1v) is 10.8. The van der Waals surface area contributed by atoms with Crippen LogP contribution in [0.2, 0.25) is 0 Å². The average Bonchev–Trinajstić information content (AvgIpc) is 3.12. The van der Waals surface area contributed by atoms with E-state index in [4.69, 9.17) is 4.52 Å². The summed E-state index contributed by atoms with van der Waals surface area (Å²) in [6, 6.07) is 12.0. The minimum absolute atomic E-state index is 0.167. The summed E-state index contributed by atoms with van der Waals surface area (Å²) in [6.07, 6.45) is 0.768. The van der Waals surface area contributed by atoms with Crippen LogP contribution in [0, 0.1) is 12.7 Å². The van der Waals surface area contributed by atoms with E-state index in [1.807, 2.05) is 18.2 Å². The van der Waals surface area contributed by atoms with Gasteiger partial charge in [0.05, 0.1) is 17.4 Å². The Morgan fingerprint density at radius 2 is 2.21 bits per heavy atom. The van der Waals surface area contributed by atoms with Crippen molar-refractivity contribution in [1.29, 1.82) is 0 Å². The number of thioether (sulfide) groups is 2. The zero-order chi connectivity index (χ0) is 19.5. The fourth-order valence-corrected chi connectivity index (χ4v) is 5.07. The highest BCUT2D eigenvalue weighted by Crippen LogP contribution is 2.37. The number of hydrogen-bond acceptors (Lipinski definition) is 6. The molecule has 0 spiro atoms. The van der Waals surface area contributed by atoms with Crippen LogP contribution in [0.4, 0.5) is 4.39 Å². The Morgan fingerprint density at radius 1 is 1.36 bits per heavy atom. The van der Waals surface area contributed by atoms with Gasteiger partial charge in [0, 0.05) is 22.5 Å². The third-order valence-corrected chi connectivity index (χ3v) is 6.57. The molecule has 0 saturated carbocycles. The van der Waals surface area contributed by atoms with E-state index in [9.17, 15) is 9.18 Å². The van der Waals surface area contributed by atoms with Gasteiger partial charge in [-0.2, -0.15) is 4.98 Å². The molecule has 3 aromatic rings. The number of amides is 1. The van der Waals surface area contributed by atoms with Crippen molar-refractivity contribution in [3.63, 3.8) is 0 Å². The van der Waals surface area contributed by atoms with Crippen LogP contribution in [0.1, 0.15) is 40.1 Å². The van der Waals surface area contributed by atoms with Crippen LogP contribution in [-0.4, -0.2) is 21.8 Å². The molecule has 4 rings (SSSR count). The maximum atomic E-state index is 13.7. The number of carbonyl (C=O) groups excluding carboxylic acids is 1. The summed E-state index contributed by atoms with van der Waals surface area (Å²) in [4.78, 5) is 19.0. The topological polar surface area (TPSA) is 68.0 Å². The van der Waals surface area contributed by atoms with E-state index in [1.165, 1.54) is 23.9 Å². The van der Waals surface area contributed by atoms with E-state index in [0.29, 0.717) is 23.0 Å². The fourth-order valence-electron chi connectivity index (χ4n) is 3.07. The molecule has 1 aromatic heterocycles. The SMILES string of the molecule is Cc1nc(CSc2ccccc2C(=O)N[C@@H]2CCSc3ccc(F)cc32)no1. The lowest BCUT2D eigenvalue weighted by Crippen LogP contribution is -2.31. The van der Waals surface area contributed by atoms with E-state index < -0.39 is 0 Å². The Balaban J connectivity index is 1.51. The molecule has 5 nitrogen and oxygen atoms in total. The molecular weight excluding hydrogens is 397 g/mol. The van der Waals surface area contributed by atoms with Gasteiger partial charge in [0.2, 0.25) is 5.89 Å². The molecule has 2 heterocycles. The van der Waals surface area contributed by atoms with Crippen molar-refractivity contribution in [3.05, 3.63) is 71.1 Å². The number of nitrogens with one attached hydrogen (secondary N) is 1. The molecule has 144 valence electrons. The predicted octanol–water partition coefficient (Wildman–Crippen LogP) is 4.78. The van der Waals surface area contributed by atoms with E-state index in [2.05, 4.69) is 15.5 Å². The van der Waals surface area contributed by atoms with Crippen LogP contribution in [0.15, 0.2) is 56.8 Å². The molecule has 0 saturated heterocycles. The summed E-state index contributed by atoms with van der Waals surface area (Å²) >= 11 is 3.17. The lowest BCUT2D eigenvalue weighted by molar-refractivity contribution is 0.0932. The maximum Gasteiger partial charge on any atom is 0.252 e. The number of aromatic nitrogens is 2. The van der Waals surface area contributed by atoms with Gasteiger partial charge in [0.25, 0.3) is 5.91 Å². The summed E-state index contributed by atoms with van der Waals surface area (Å²) in [5.74, 6) is 2.05. The number of carbonyl (C=O) groups is 1. The standard InChI is InChI=1S/C20H18FN3O2S2/c1-12-22-19(24-26-12)11-28-17-5-3-2-4-14(17)20(25)23-16-8-9-27-18-7-6-13(21)10-15(16)18/h2-7,10,16H,8-9,11H2,1H3,(H,23,25)/t16-/m1/s1. The van der Waals surface area contributed by atoms with Gasteiger partial charge < -0.3 is 9.84 Å². The Bertz CT molecular complexity index is 1010. The number of rotatable bonds is 5. The number of nitrogens with zero attached hydrogens (tertiary/aromatic N) is 2. The second kappa shape index (κ2) is 8.36. The molecule has 1 atom stereocenters. The lowest BCUT2D eigenvalue weighted by Gasteiger charge is -2.26. The van der Waals surface area contributed by atoms with Crippen LogP contribution >= 0.6 is 23.5 Å². The molecule has 0 bridgehead atoms. The summed E-state index contributed by atoms with van der Waals surface area (Å²) in [5.41, 5.74) is 1.43. The largest absolute Gasteiger partial charge is 0.345 e. The van der Waals surface area contributed by atoms with Crippen LogP contribution in [0.5, 0.6) is 0 Å². The Morgan fingerprint density at radius 3 is 3.04 bits per heavy atom. The summed E-state index contributed by atoms with van der Waals surface area (Å²) in [7, 11) is 0. The lowest BCUT2D eigenvalue weighted by atomic mass is 10.0. The number of fused-ring (bicyclic) bond motifs is 1. The first-order valence-electron chi connectivity index (χ1n) is 8.84. The van der Waals surface area contributed by atoms with Crippen molar-refractivity contribution in [2.45, 2.75) is 34.9 Å². The number of hydrogen-bond donors (Lipinski definition) is 1. The van der Waals surface area contributed by atoms with E-state index in [1.54, 1.807) is 30.8 Å². The molecule has 1 amide bonds. The van der Waals surface area contributed by atoms with Gasteiger partial charge in [-0.1, -0.05) is 17.3 Å². The highest BCUT2D eigenvalue weighted by molar-refractivity contribution is 7.99. The second-order valence-electron chi connectivity index (χ2n) is 6.36. The Kier molecular flexibility index (Phi) is 5.68. The molecule has 0 unspecified atom stereocenters. The van der Waals surface area contributed by atoms with E-state index in [0.717, 1.165) is 27.5 Å². The summed E-state index contributed by atoms with van der Waals surface area (Å²) in [5, 5.41) is 6.97. The molecule has 0 fully saturated rings. The van der Waals surface area contributed by atoms with Crippen molar-refractivity contribution in [2.24, 2.45) is 0 Å². The van der Waals surface area contributed by atoms with Gasteiger partial charge >= 0.3 is 0 Å². The average molecular weight is 416 g/mol. The smallest absolute Gasteiger partial charge is 0.252 e. The first kappa shape index (κ1) is 19.0. The van der Waals surface area contributed by atoms with Crippen molar-refractivity contribution in [3.8, 4) is 0 Å². The molecule has 1 aliphatic heterocycles. The van der Waals surface area contributed by atoms with Gasteiger partial charge in [-0.25, -0.2) is 4.39 Å². The van der Waals surface area contributed by atoms with Gasteiger partial charge in [-0.15, -0.1) is 23.5 Å². The maximum absolute atomic E-state index is 13.7. The van der Waals surface area contributed by atoms with Gasteiger partial charge in [0.15, 0.2) is 5.82 Å². The Hall–Kier alpha value is -2.32. The van der Waals surface area contributed by atoms with Gasteiger partial charge in [0.1, 0.15) is 5.82 Å². The third-order valence-electron chi connectivity index (χ3n) is 4.37. The predicted molar refractivity (Wildman–Crippen MR) is 107 cm³/mol. The minimum atomic E-state index is -0.285. The zero-order valence-corrected chi connectivity index (χ0v) is 16.8. The molecule has 2 aromatic carbocycles. The van der Waals surface area contributed by atoms with Crippen molar-refractivity contribution < 1.29 is 13.7 Å².